The highest BCUT2D eigenvalue weighted by Gasteiger charge is 2.55. The summed E-state index contributed by atoms with van der Waals surface area (Å²) >= 11 is 0. The summed E-state index contributed by atoms with van der Waals surface area (Å²) in [7, 11) is 0. The van der Waals surface area contributed by atoms with Gasteiger partial charge in [-0.1, -0.05) is 18.1 Å². The summed E-state index contributed by atoms with van der Waals surface area (Å²) < 4.78 is 0. The number of aromatic nitrogens is 2. The number of aliphatic carboxylic acids is 1. The monoisotopic (exact) mass is 297 g/mol. The molecule has 5 heteroatoms. The SMILES string of the molecule is Cc1ccc2ncnc(N3C[C@@H]4CCC[C@@]4(C(=O)O)C3)c2c1. The van der Waals surface area contributed by atoms with E-state index in [0.29, 0.717) is 6.54 Å². The molecule has 0 spiro atoms. The van der Waals surface area contributed by atoms with E-state index >= 15 is 0 Å². The van der Waals surface area contributed by atoms with E-state index < -0.39 is 11.4 Å². The molecule has 0 radical (unpaired) electrons. The Hall–Kier alpha value is -2.17. The highest BCUT2D eigenvalue weighted by molar-refractivity contribution is 5.90. The molecule has 1 aromatic carbocycles. The molecule has 0 bridgehead atoms. The largest absolute Gasteiger partial charge is 0.481 e. The van der Waals surface area contributed by atoms with Crippen molar-refractivity contribution in [2.75, 3.05) is 18.0 Å². The normalized spacial score (nSPS) is 27.3. The van der Waals surface area contributed by atoms with E-state index in [4.69, 9.17) is 0 Å². The van der Waals surface area contributed by atoms with Crippen LogP contribution in [0, 0.1) is 18.3 Å². The van der Waals surface area contributed by atoms with Crippen LogP contribution >= 0.6 is 0 Å². The van der Waals surface area contributed by atoms with Crippen molar-refractivity contribution >= 4 is 22.7 Å². The minimum atomic E-state index is -0.646. The van der Waals surface area contributed by atoms with Crippen molar-refractivity contribution in [3.8, 4) is 0 Å². The third-order valence-electron chi connectivity index (χ3n) is 5.37. The van der Waals surface area contributed by atoms with Gasteiger partial charge in [-0.2, -0.15) is 0 Å². The van der Waals surface area contributed by atoms with Crippen molar-refractivity contribution in [3.63, 3.8) is 0 Å². The quantitative estimate of drug-likeness (QED) is 0.923. The second kappa shape index (κ2) is 4.66. The van der Waals surface area contributed by atoms with Gasteiger partial charge in [0.25, 0.3) is 0 Å². The number of carbonyl (C=O) groups is 1. The van der Waals surface area contributed by atoms with Gasteiger partial charge in [-0.3, -0.25) is 4.79 Å². The maximum atomic E-state index is 11.8. The molecule has 2 heterocycles. The first-order valence-corrected chi connectivity index (χ1v) is 7.80. The highest BCUT2D eigenvalue weighted by atomic mass is 16.4. The number of anilines is 1. The lowest BCUT2D eigenvalue weighted by Gasteiger charge is -2.24. The molecule has 22 heavy (non-hydrogen) atoms. The molecule has 2 aliphatic rings. The fourth-order valence-corrected chi connectivity index (χ4v) is 4.21. The van der Waals surface area contributed by atoms with Crippen molar-refractivity contribution in [2.24, 2.45) is 11.3 Å². The topological polar surface area (TPSA) is 66.3 Å². The van der Waals surface area contributed by atoms with Gasteiger partial charge in [0.2, 0.25) is 0 Å². The smallest absolute Gasteiger partial charge is 0.311 e. The van der Waals surface area contributed by atoms with Gasteiger partial charge in [0.1, 0.15) is 12.1 Å². The van der Waals surface area contributed by atoms with Crippen LogP contribution in [0.2, 0.25) is 0 Å². The Morgan fingerprint density at radius 2 is 2.27 bits per heavy atom. The molecule has 1 aliphatic heterocycles. The molecule has 0 amide bonds. The molecule has 1 N–H and O–H groups in total. The minimum Gasteiger partial charge on any atom is -0.481 e. The zero-order valence-electron chi connectivity index (χ0n) is 12.6. The van der Waals surface area contributed by atoms with E-state index in [9.17, 15) is 9.90 Å². The van der Waals surface area contributed by atoms with Crippen LogP contribution < -0.4 is 4.90 Å². The Bertz CT molecular complexity index is 761. The van der Waals surface area contributed by atoms with Crippen LogP contribution in [0.3, 0.4) is 0 Å². The maximum absolute atomic E-state index is 11.8. The van der Waals surface area contributed by atoms with Gasteiger partial charge in [-0.25, -0.2) is 9.97 Å². The fourth-order valence-electron chi connectivity index (χ4n) is 4.21. The number of nitrogens with zero attached hydrogens (tertiary/aromatic N) is 3. The van der Waals surface area contributed by atoms with Crippen LogP contribution in [0.15, 0.2) is 24.5 Å². The first-order valence-electron chi connectivity index (χ1n) is 7.80. The van der Waals surface area contributed by atoms with E-state index in [0.717, 1.165) is 48.1 Å². The number of benzene rings is 1. The third-order valence-corrected chi connectivity index (χ3v) is 5.37. The van der Waals surface area contributed by atoms with Crippen molar-refractivity contribution < 1.29 is 9.90 Å². The molecule has 0 unspecified atom stereocenters. The Morgan fingerprint density at radius 1 is 1.41 bits per heavy atom. The van der Waals surface area contributed by atoms with Gasteiger partial charge < -0.3 is 10.0 Å². The van der Waals surface area contributed by atoms with E-state index in [-0.39, 0.29) is 5.92 Å². The standard InChI is InChI=1S/C17H19N3O2/c1-11-4-5-14-13(7-11)15(19-10-18-14)20-8-12-3-2-6-17(12,9-20)16(21)22/h4-5,7,10,12H,2-3,6,8-9H2,1H3,(H,21,22)/t12-,17+/m0/s1. The minimum absolute atomic E-state index is 0.236. The molecular weight excluding hydrogens is 278 g/mol. The lowest BCUT2D eigenvalue weighted by atomic mass is 9.81. The summed E-state index contributed by atoms with van der Waals surface area (Å²) in [5.41, 5.74) is 1.49. The number of rotatable bonds is 2. The molecule has 2 fully saturated rings. The van der Waals surface area contributed by atoms with Gasteiger partial charge >= 0.3 is 5.97 Å². The Balaban J connectivity index is 1.78. The average Bonchev–Trinajstić information content (AvgIpc) is 3.04. The lowest BCUT2D eigenvalue weighted by molar-refractivity contribution is -0.149. The van der Waals surface area contributed by atoms with Crippen LogP contribution in [0.4, 0.5) is 5.82 Å². The Labute approximate surface area is 129 Å². The molecule has 2 aromatic rings. The molecule has 114 valence electrons. The number of carboxylic acid groups (broad SMARTS) is 1. The van der Waals surface area contributed by atoms with Crippen molar-refractivity contribution in [3.05, 3.63) is 30.1 Å². The Kier molecular flexibility index (Phi) is 2.86. The van der Waals surface area contributed by atoms with Crippen LogP contribution in [0.5, 0.6) is 0 Å². The van der Waals surface area contributed by atoms with Gasteiger partial charge in [0, 0.05) is 18.5 Å². The second-order valence-corrected chi connectivity index (χ2v) is 6.65. The van der Waals surface area contributed by atoms with Crippen LogP contribution in [0.1, 0.15) is 24.8 Å². The van der Waals surface area contributed by atoms with Crippen LogP contribution in [0.25, 0.3) is 10.9 Å². The number of hydrogen-bond acceptors (Lipinski definition) is 4. The summed E-state index contributed by atoms with van der Waals surface area (Å²) in [6.45, 7) is 3.40. The second-order valence-electron chi connectivity index (χ2n) is 6.65. The first-order chi connectivity index (χ1) is 10.6. The van der Waals surface area contributed by atoms with Crippen molar-refractivity contribution in [1.82, 2.24) is 9.97 Å². The van der Waals surface area contributed by atoms with Gasteiger partial charge in [-0.05, 0) is 37.8 Å². The number of hydrogen-bond donors (Lipinski definition) is 1. The zero-order chi connectivity index (χ0) is 15.3. The third kappa shape index (κ3) is 1.81. The maximum Gasteiger partial charge on any atom is 0.311 e. The van der Waals surface area contributed by atoms with Crippen LogP contribution in [-0.2, 0) is 4.79 Å². The predicted molar refractivity (Wildman–Crippen MR) is 83.9 cm³/mol. The molecule has 1 saturated carbocycles. The van der Waals surface area contributed by atoms with Gasteiger partial charge in [0.15, 0.2) is 0 Å². The molecular formula is C17H19N3O2. The average molecular weight is 297 g/mol. The zero-order valence-corrected chi connectivity index (χ0v) is 12.6. The number of carboxylic acids is 1. The molecule has 1 saturated heterocycles. The van der Waals surface area contributed by atoms with Crippen LogP contribution in [-0.4, -0.2) is 34.1 Å². The van der Waals surface area contributed by atoms with E-state index in [1.54, 1.807) is 6.33 Å². The molecule has 1 aliphatic carbocycles. The molecule has 4 rings (SSSR count). The summed E-state index contributed by atoms with van der Waals surface area (Å²) in [5, 5.41) is 10.8. The molecule has 1 aromatic heterocycles. The fraction of sp³-hybridized carbons (Fsp3) is 0.471. The molecule has 2 atom stereocenters. The van der Waals surface area contributed by atoms with E-state index in [1.807, 2.05) is 19.1 Å². The molecule has 5 nitrogen and oxygen atoms in total. The summed E-state index contributed by atoms with van der Waals surface area (Å²) in [4.78, 5) is 22.8. The predicted octanol–water partition coefficient (Wildman–Crippen LogP) is 2.63. The summed E-state index contributed by atoms with van der Waals surface area (Å²) in [6, 6.07) is 6.13. The van der Waals surface area contributed by atoms with Gasteiger partial charge in [0.05, 0.1) is 10.9 Å². The number of aryl methyl sites for hydroxylation is 1. The summed E-state index contributed by atoms with van der Waals surface area (Å²) in [6.07, 6.45) is 4.39. The lowest BCUT2D eigenvalue weighted by Crippen LogP contribution is -2.35. The van der Waals surface area contributed by atoms with Crippen molar-refractivity contribution in [1.29, 1.82) is 0 Å². The Morgan fingerprint density at radius 3 is 3.05 bits per heavy atom. The number of fused-ring (bicyclic) bond motifs is 2. The highest BCUT2D eigenvalue weighted by Crippen LogP contribution is 2.50. The van der Waals surface area contributed by atoms with E-state index in [1.165, 1.54) is 0 Å². The van der Waals surface area contributed by atoms with Gasteiger partial charge in [-0.15, -0.1) is 0 Å². The summed E-state index contributed by atoms with van der Waals surface area (Å²) in [5.74, 6) is 0.468. The van der Waals surface area contributed by atoms with E-state index in [2.05, 4.69) is 20.9 Å². The van der Waals surface area contributed by atoms with Crippen molar-refractivity contribution in [2.45, 2.75) is 26.2 Å². The first kappa shape index (κ1) is 13.5.